The highest BCUT2D eigenvalue weighted by Gasteiger charge is 2.29. The molecule has 1 aliphatic rings. The largest absolute Gasteiger partial charge is 0.465 e. The van der Waals surface area contributed by atoms with Crippen molar-refractivity contribution in [3.63, 3.8) is 0 Å². The van der Waals surface area contributed by atoms with Crippen LogP contribution < -0.4 is 0 Å². The highest BCUT2D eigenvalue weighted by molar-refractivity contribution is 5.73. The van der Waals surface area contributed by atoms with Gasteiger partial charge in [0.25, 0.3) is 0 Å². The first kappa shape index (κ1) is 9.83. The van der Waals surface area contributed by atoms with Gasteiger partial charge in [-0.1, -0.05) is 0 Å². The fourth-order valence-electron chi connectivity index (χ4n) is 1.49. The first-order chi connectivity index (χ1) is 6.02. The Morgan fingerprint density at radius 2 is 2.15 bits per heavy atom. The number of rotatable bonds is 1. The molecule has 1 aliphatic heterocycles. The summed E-state index contributed by atoms with van der Waals surface area (Å²) in [5.74, 6) is -0.0164. The van der Waals surface area contributed by atoms with Gasteiger partial charge >= 0.3 is 6.09 Å². The van der Waals surface area contributed by atoms with Gasteiger partial charge in [0, 0.05) is 27.1 Å². The lowest BCUT2D eigenvalue weighted by molar-refractivity contribution is -0.129. The fourth-order valence-corrected chi connectivity index (χ4v) is 1.49. The third kappa shape index (κ3) is 2.11. The Morgan fingerprint density at radius 1 is 1.54 bits per heavy atom. The Balaban J connectivity index is 2.49. The number of likely N-dealkylation sites (tertiary alicyclic amines) is 1. The Kier molecular flexibility index (Phi) is 2.75. The van der Waals surface area contributed by atoms with Crippen LogP contribution in [0.3, 0.4) is 0 Å². The van der Waals surface area contributed by atoms with E-state index in [0.717, 1.165) is 6.42 Å². The Bertz CT molecular complexity index is 229. The van der Waals surface area contributed by atoms with Crippen molar-refractivity contribution < 1.29 is 14.7 Å². The molecule has 0 aromatic carbocycles. The smallest absolute Gasteiger partial charge is 0.407 e. The van der Waals surface area contributed by atoms with Crippen LogP contribution >= 0.6 is 0 Å². The zero-order valence-corrected chi connectivity index (χ0v) is 7.86. The molecule has 1 N–H and O–H groups in total. The van der Waals surface area contributed by atoms with Crippen molar-refractivity contribution in [2.75, 3.05) is 20.1 Å². The van der Waals surface area contributed by atoms with Gasteiger partial charge in [0.15, 0.2) is 0 Å². The quantitative estimate of drug-likeness (QED) is 0.637. The normalized spacial score (nSPS) is 21.7. The first-order valence-corrected chi connectivity index (χ1v) is 4.23. The molecule has 5 nitrogen and oxygen atoms in total. The summed E-state index contributed by atoms with van der Waals surface area (Å²) in [6.45, 7) is 2.45. The van der Waals surface area contributed by atoms with E-state index in [0.29, 0.717) is 13.1 Å². The molecule has 0 spiro atoms. The molecule has 1 rings (SSSR count). The minimum atomic E-state index is -0.903. The molecular formula is C8H14N2O3. The molecule has 1 heterocycles. The third-order valence-corrected chi connectivity index (χ3v) is 2.48. The topological polar surface area (TPSA) is 60.9 Å². The van der Waals surface area contributed by atoms with Gasteiger partial charge in [0.05, 0.1) is 6.04 Å². The summed E-state index contributed by atoms with van der Waals surface area (Å²) in [4.78, 5) is 24.5. The summed E-state index contributed by atoms with van der Waals surface area (Å²) in [5, 5.41) is 8.67. The number of amides is 2. The molecular weight excluding hydrogens is 172 g/mol. The summed E-state index contributed by atoms with van der Waals surface area (Å²) in [6.07, 6.45) is -0.165. The molecule has 1 saturated heterocycles. The van der Waals surface area contributed by atoms with Crippen LogP contribution in [0.1, 0.15) is 13.3 Å². The summed E-state index contributed by atoms with van der Waals surface area (Å²) < 4.78 is 0. The van der Waals surface area contributed by atoms with E-state index < -0.39 is 6.09 Å². The zero-order chi connectivity index (χ0) is 10.0. The zero-order valence-electron chi connectivity index (χ0n) is 7.86. The molecule has 0 bridgehead atoms. The summed E-state index contributed by atoms with van der Waals surface area (Å²) in [7, 11) is 1.71. The molecule has 0 radical (unpaired) electrons. The van der Waals surface area contributed by atoms with E-state index in [9.17, 15) is 9.59 Å². The Labute approximate surface area is 76.9 Å². The Hall–Kier alpha value is -1.26. The predicted octanol–water partition coefficient (Wildman–Crippen LogP) is 0.217. The Morgan fingerprint density at radius 3 is 2.54 bits per heavy atom. The van der Waals surface area contributed by atoms with Crippen molar-refractivity contribution in [3.8, 4) is 0 Å². The van der Waals surface area contributed by atoms with Crippen LogP contribution in [0, 0.1) is 0 Å². The first-order valence-electron chi connectivity index (χ1n) is 4.23. The van der Waals surface area contributed by atoms with Gasteiger partial charge < -0.3 is 14.9 Å². The van der Waals surface area contributed by atoms with Crippen LogP contribution in [0.4, 0.5) is 4.79 Å². The second kappa shape index (κ2) is 3.64. The van der Waals surface area contributed by atoms with Gasteiger partial charge in [-0.05, 0) is 6.42 Å². The van der Waals surface area contributed by atoms with Crippen molar-refractivity contribution in [2.45, 2.75) is 19.4 Å². The minimum absolute atomic E-state index is 0.0164. The fraction of sp³-hybridized carbons (Fsp3) is 0.750. The lowest BCUT2D eigenvalue weighted by Crippen LogP contribution is -2.38. The molecule has 0 aromatic heterocycles. The van der Waals surface area contributed by atoms with Crippen LogP contribution in [0.25, 0.3) is 0 Å². The number of nitrogens with zero attached hydrogens (tertiary/aromatic N) is 2. The van der Waals surface area contributed by atoms with Crippen LogP contribution in [-0.2, 0) is 4.79 Å². The number of carbonyl (C=O) groups is 2. The monoisotopic (exact) mass is 186 g/mol. The number of likely N-dealkylation sites (N-methyl/N-ethyl adjacent to an activating group) is 1. The second-order valence-electron chi connectivity index (χ2n) is 3.30. The van der Waals surface area contributed by atoms with Crippen molar-refractivity contribution in [1.82, 2.24) is 9.80 Å². The molecule has 13 heavy (non-hydrogen) atoms. The number of hydrogen-bond acceptors (Lipinski definition) is 2. The van der Waals surface area contributed by atoms with Gasteiger partial charge in [0.1, 0.15) is 0 Å². The van der Waals surface area contributed by atoms with Gasteiger partial charge in [-0.25, -0.2) is 4.79 Å². The van der Waals surface area contributed by atoms with Gasteiger partial charge in [-0.2, -0.15) is 0 Å². The molecule has 1 fully saturated rings. The van der Waals surface area contributed by atoms with Crippen molar-refractivity contribution in [1.29, 1.82) is 0 Å². The summed E-state index contributed by atoms with van der Waals surface area (Å²) in [5.41, 5.74) is 0. The predicted molar refractivity (Wildman–Crippen MR) is 46.4 cm³/mol. The number of carboxylic acid groups (broad SMARTS) is 1. The van der Waals surface area contributed by atoms with E-state index in [1.165, 1.54) is 11.8 Å². The number of carbonyl (C=O) groups excluding carboxylic acids is 1. The average Bonchev–Trinajstić information content (AvgIpc) is 2.50. The van der Waals surface area contributed by atoms with E-state index in [-0.39, 0.29) is 11.9 Å². The van der Waals surface area contributed by atoms with Crippen LogP contribution in [-0.4, -0.2) is 53.1 Å². The SMILES string of the molecule is CC(=O)N(C)[C@@H]1CCN(C(=O)O)C1. The van der Waals surface area contributed by atoms with Crippen LogP contribution in [0.15, 0.2) is 0 Å². The highest BCUT2D eigenvalue weighted by atomic mass is 16.4. The third-order valence-electron chi connectivity index (χ3n) is 2.48. The molecule has 0 aliphatic carbocycles. The van der Waals surface area contributed by atoms with E-state index in [1.807, 2.05) is 0 Å². The lowest BCUT2D eigenvalue weighted by Gasteiger charge is -2.22. The van der Waals surface area contributed by atoms with Crippen molar-refractivity contribution >= 4 is 12.0 Å². The molecule has 0 aromatic rings. The van der Waals surface area contributed by atoms with Crippen LogP contribution in [0.2, 0.25) is 0 Å². The average molecular weight is 186 g/mol. The molecule has 1 atom stereocenters. The molecule has 74 valence electrons. The minimum Gasteiger partial charge on any atom is -0.465 e. The van der Waals surface area contributed by atoms with Gasteiger partial charge in [-0.3, -0.25) is 4.79 Å². The summed E-state index contributed by atoms with van der Waals surface area (Å²) in [6, 6.07) is 0.0496. The van der Waals surface area contributed by atoms with E-state index in [2.05, 4.69) is 0 Å². The van der Waals surface area contributed by atoms with Crippen molar-refractivity contribution in [3.05, 3.63) is 0 Å². The molecule has 2 amide bonds. The van der Waals surface area contributed by atoms with E-state index in [1.54, 1.807) is 11.9 Å². The molecule has 0 unspecified atom stereocenters. The summed E-state index contributed by atoms with van der Waals surface area (Å²) >= 11 is 0. The highest BCUT2D eigenvalue weighted by Crippen LogP contribution is 2.14. The second-order valence-corrected chi connectivity index (χ2v) is 3.30. The van der Waals surface area contributed by atoms with Crippen LogP contribution in [0.5, 0.6) is 0 Å². The maximum absolute atomic E-state index is 11.0. The maximum Gasteiger partial charge on any atom is 0.407 e. The molecule has 5 heteroatoms. The van der Waals surface area contributed by atoms with E-state index >= 15 is 0 Å². The van der Waals surface area contributed by atoms with Gasteiger partial charge in [-0.15, -0.1) is 0 Å². The molecule has 0 saturated carbocycles. The lowest BCUT2D eigenvalue weighted by atomic mass is 10.2. The standard InChI is InChI=1S/C8H14N2O3/c1-6(11)9(2)7-3-4-10(5-7)8(12)13/h7H,3-5H2,1-2H3,(H,12,13)/t7-/m1/s1. The van der Waals surface area contributed by atoms with E-state index in [4.69, 9.17) is 5.11 Å². The van der Waals surface area contributed by atoms with Crippen molar-refractivity contribution in [2.24, 2.45) is 0 Å². The number of hydrogen-bond donors (Lipinski definition) is 1. The van der Waals surface area contributed by atoms with Gasteiger partial charge in [0.2, 0.25) is 5.91 Å². The maximum atomic E-state index is 11.0.